The zero-order valence-electron chi connectivity index (χ0n) is 50.0. The van der Waals surface area contributed by atoms with Gasteiger partial charge in [-0.25, -0.2) is 19.9 Å². The van der Waals surface area contributed by atoms with Crippen LogP contribution in [0.3, 0.4) is 0 Å². The van der Waals surface area contributed by atoms with Gasteiger partial charge in [0.25, 0.3) is 0 Å². The largest absolute Gasteiger partial charge is 0.277 e. The van der Waals surface area contributed by atoms with Crippen LogP contribution in [0, 0.1) is 0 Å². The molecular weight excluding hydrogens is 1240 g/mol. The van der Waals surface area contributed by atoms with Gasteiger partial charge in [-0.1, -0.05) is 261 Å². The molecule has 1 aliphatic rings. The molecule has 20 rings (SSSR count). The van der Waals surface area contributed by atoms with Crippen LogP contribution in [0.25, 0.3) is 167 Å². The van der Waals surface area contributed by atoms with E-state index in [1.807, 2.05) is 53.0 Å². The summed E-state index contributed by atoms with van der Waals surface area (Å²) in [7, 11) is 0. The lowest BCUT2D eigenvalue weighted by molar-refractivity contribution is 0.998. The predicted octanol–water partition coefficient (Wildman–Crippen LogP) is 24.1. The molecular formula is C85H52BrN5S2. The molecule has 0 aliphatic heterocycles. The third-order valence-electron chi connectivity index (χ3n) is 18.3. The molecule has 0 saturated carbocycles. The molecule has 5 heterocycles. The maximum Gasteiger partial charge on any atom is 0.235 e. The lowest BCUT2D eigenvalue weighted by Crippen LogP contribution is -2.04. The highest BCUT2D eigenvalue weighted by Crippen LogP contribution is 2.51. The second-order valence-corrected chi connectivity index (χ2v) is 26.5. The summed E-state index contributed by atoms with van der Waals surface area (Å²) >= 11 is 7.24. The average Bonchev–Trinajstić information content (AvgIpc) is 1.55. The first-order valence-electron chi connectivity index (χ1n) is 31.2. The third kappa shape index (κ3) is 9.47. The van der Waals surface area contributed by atoms with Crippen molar-refractivity contribution in [1.82, 2.24) is 24.5 Å². The van der Waals surface area contributed by atoms with E-state index in [-0.39, 0.29) is 0 Å². The second kappa shape index (κ2) is 22.7. The predicted molar refractivity (Wildman–Crippen MR) is 398 cm³/mol. The molecule has 0 atom stereocenters. The summed E-state index contributed by atoms with van der Waals surface area (Å²) in [6.45, 7) is 0. The minimum absolute atomic E-state index is 0.599. The number of benzene rings is 14. The Balaban J connectivity index is 0.000000114. The molecule has 0 N–H and O–H groups in total. The Morgan fingerprint density at radius 3 is 1.39 bits per heavy atom. The Bertz CT molecular complexity index is 6190. The molecule has 0 unspecified atom stereocenters. The standard InChI is InChI=1S/C42H25N3S.C23H14S.C20H13BrN2/c1-2-13-27(14-3-1)34-25-35(29-23-22-26-12-4-5-15-28(26)24-29)44-42(43-34)45-36-20-10-8-18-32(36)38-30-16-6-7-17-31(30)41-39(40(38)45)33-19-9-11-21-37(33)46-41;1-2-8-15-14(7-1)13-19-21(15)16-9-3-4-10-17(16)23-22(19)18-11-5-6-12-20(18)24-23;21-20-22-18(15-7-2-1-3-8-15)13-19(23-20)17-11-10-14-6-4-5-9-16(14)12-17/h1-25H;1-12H,13H2;1-13H. The van der Waals surface area contributed by atoms with E-state index in [0.29, 0.717) is 10.7 Å². The summed E-state index contributed by atoms with van der Waals surface area (Å²) < 4.78 is 8.32. The van der Waals surface area contributed by atoms with Crippen molar-refractivity contribution in [1.29, 1.82) is 0 Å². The Kier molecular flexibility index (Phi) is 13.4. The van der Waals surface area contributed by atoms with Crippen LogP contribution >= 0.6 is 38.6 Å². The maximum atomic E-state index is 5.39. The summed E-state index contributed by atoms with van der Waals surface area (Å²) in [5.41, 5.74) is 16.0. The van der Waals surface area contributed by atoms with E-state index in [0.717, 1.165) is 62.5 Å². The maximum absolute atomic E-state index is 5.39. The number of hydrogen-bond donors (Lipinski definition) is 0. The highest BCUT2D eigenvalue weighted by atomic mass is 79.9. The molecule has 0 radical (unpaired) electrons. The molecule has 5 nitrogen and oxygen atoms in total. The molecule has 0 amide bonds. The van der Waals surface area contributed by atoms with Gasteiger partial charge in [0, 0.05) is 84.1 Å². The van der Waals surface area contributed by atoms with E-state index >= 15 is 0 Å². The Hall–Kier alpha value is -11.0. The van der Waals surface area contributed by atoms with Gasteiger partial charge in [-0.2, -0.15) is 0 Å². The van der Waals surface area contributed by atoms with Crippen LogP contribution in [-0.4, -0.2) is 24.5 Å². The molecule has 14 aromatic carbocycles. The van der Waals surface area contributed by atoms with Crippen molar-refractivity contribution in [2.75, 3.05) is 0 Å². The fourth-order valence-electron chi connectivity index (χ4n) is 14.1. The van der Waals surface area contributed by atoms with Crippen molar-refractivity contribution in [3.63, 3.8) is 0 Å². The lowest BCUT2D eigenvalue weighted by Gasteiger charge is -2.13. The summed E-state index contributed by atoms with van der Waals surface area (Å²) in [6, 6.07) is 108. The van der Waals surface area contributed by atoms with Gasteiger partial charge in [0.05, 0.1) is 33.8 Å². The highest BCUT2D eigenvalue weighted by Gasteiger charge is 2.27. The summed E-state index contributed by atoms with van der Waals surface area (Å²) in [5.74, 6) is 0.669. The van der Waals surface area contributed by atoms with Gasteiger partial charge in [-0.3, -0.25) is 4.57 Å². The van der Waals surface area contributed by atoms with Gasteiger partial charge >= 0.3 is 0 Å². The van der Waals surface area contributed by atoms with Crippen molar-refractivity contribution < 1.29 is 0 Å². The van der Waals surface area contributed by atoms with E-state index < -0.39 is 0 Å². The van der Waals surface area contributed by atoms with Crippen molar-refractivity contribution in [3.8, 4) is 62.1 Å². The van der Waals surface area contributed by atoms with Crippen molar-refractivity contribution in [3.05, 3.63) is 319 Å². The molecule has 0 bridgehead atoms. The highest BCUT2D eigenvalue weighted by molar-refractivity contribution is 9.10. The van der Waals surface area contributed by atoms with Gasteiger partial charge in [0.1, 0.15) is 0 Å². The monoisotopic (exact) mass is 1290 g/mol. The Morgan fingerprint density at radius 2 is 0.763 bits per heavy atom. The van der Waals surface area contributed by atoms with Crippen LogP contribution in [0.5, 0.6) is 0 Å². The quantitative estimate of drug-likeness (QED) is 0.161. The van der Waals surface area contributed by atoms with Gasteiger partial charge in [0.15, 0.2) is 4.73 Å². The molecule has 19 aromatic rings. The lowest BCUT2D eigenvalue weighted by atomic mass is 9.94. The molecule has 5 aromatic heterocycles. The Labute approximate surface area is 552 Å². The van der Waals surface area contributed by atoms with Crippen LogP contribution in [0.2, 0.25) is 0 Å². The van der Waals surface area contributed by atoms with E-state index in [1.165, 1.54) is 116 Å². The van der Waals surface area contributed by atoms with Gasteiger partial charge < -0.3 is 0 Å². The summed E-state index contributed by atoms with van der Waals surface area (Å²) in [6.07, 6.45) is 1.05. The molecule has 0 saturated heterocycles. The van der Waals surface area contributed by atoms with Crippen molar-refractivity contribution in [2.45, 2.75) is 6.42 Å². The smallest absolute Gasteiger partial charge is 0.235 e. The molecule has 93 heavy (non-hydrogen) atoms. The van der Waals surface area contributed by atoms with Crippen LogP contribution in [0.4, 0.5) is 0 Å². The number of rotatable bonds is 5. The van der Waals surface area contributed by atoms with E-state index in [2.05, 4.69) is 303 Å². The van der Waals surface area contributed by atoms with Crippen molar-refractivity contribution in [2.24, 2.45) is 0 Å². The second-order valence-electron chi connectivity index (χ2n) is 23.7. The zero-order valence-corrected chi connectivity index (χ0v) is 53.2. The van der Waals surface area contributed by atoms with E-state index in [9.17, 15) is 0 Å². The first kappa shape index (κ1) is 54.9. The van der Waals surface area contributed by atoms with Gasteiger partial charge in [0.2, 0.25) is 5.95 Å². The topological polar surface area (TPSA) is 56.5 Å². The van der Waals surface area contributed by atoms with Crippen LogP contribution in [0.15, 0.2) is 308 Å². The number of fused-ring (bicyclic) bond motifs is 22. The summed E-state index contributed by atoms with van der Waals surface area (Å²) in [5, 5.41) is 18.0. The zero-order chi connectivity index (χ0) is 61.5. The van der Waals surface area contributed by atoms with E-state index in [1.54, 1.807) is 0 Å². The van der Waals surface area contributed by atoms with Crippen LogP contribution in [-0.2, 0) is 6.42 Å². The van der Waals surface area contributed by atoms with Gasteiger partial charge in [-0.05, 0) is 119 Å². The number of halogens is 1. The van der Waals surface area contributed by atoms with Crippen molar-refractivity contribution >= 4 is 144 Å². The minimum atomic E-state index is 0.599. The average molecular weight is 1290 g/mol. The third-order valence-corrected chi connectivity index (χ3v) is 21.0. The SMILES string of the molecule is Brc1nc(-c2ccccc2)cc(-c2ccc3ccccc3c2)n1.c1ccc(-c2cc(-c3ccc4ccccc4c3)nc(-n3c4ccccc4c4c5ccccc5c5sc6ccccc6c5c43)n2)cc1.c1ccc2c(c1)Cc1c-2c2ccccc2c2sc3ccccc3c12. The summed E-state index contributed by atoms with van der Waals surface area (Å²) in [4.78, 5) is 19.8. The fraction of sp³-hybridized carbons (Fsp3) is 0.0118. The molecule has 0 spiro atoms. The normalized spacial score (nSPS) is 11.9. The molecule has 8 heteroatoms. The first-order chi connectivity index (χ1) is 46.0. The van der Waals surface area contributed by atoms with Crippen LogP contribution in [0.1, 0.15) is 11.1 Å². The number of thiophene rings is 2. The number of para-hydroxylation sites is 1. The number of nitrogens with zero attached hydrogens (tertiary/aromatic N) is 5. The molecule has 436 valence electrons. The molecule has 0 fully saturated rings. The Morgan fingerprint density at radius 1 is 0.323 bits per heavy atom. The number of aromatic nitrogens is 5. The minimum Gasteiger partial charge on any atom is -0.277 e. The molecule has 1 aliphatic carbocycles. The number of hydrogen-bond acceptors (Lipinski definition) is 6. The first-order valence-corrected chi connectivity index (χ1v) is 33.7. The van der Waals surface area contributed by atoms with E-state index in [4.69, 9.17) is 9.97 Å². The van der Waals surface area contributed by atoms with Crippen LogP contribution < -0.4 is 0 Å². The van der Waals surface area contributed by atoms with Gasteiger partial charge in [-0.15, -0.1) is 22.7 Å². The fourth-order valence-corrected chi connectivity index (χ4v) is 17.0.